The lowest BCUT2D eigenvalue weighted by Crippen LogP contribution is -2.30. The van der Waals surface area contributed by atoms with Crippen molar-refractivity contribution in [2.24, 2.45) is 0 Å². The maximum Gasteiger partial charge on any atom is 0.227 e. The average molecular weight is 335 g/mol. The van der Waals surface area contributed by atoms with Gasteiger partial charge in [0.15, 0.2) is 5.11 Å². The minimum absolute atomic E-state index is 0.196. The summed E-state index contributed by atoms with van der Waals surface area (Å²) in [6.45, 7) is 7.05. The van der Waals surface area contributed by atoms with Gasteiger partial charge in [0.1, 0.15) is 0 Å². The first-order valence-corrected chi connectivity index (χ1v) is 8.56. The van der Waals surface area contributed by atoms with Crippen LogP contribution in [0.2, 0.25) is 0 Å². The number of anilines is 2. The Morgan fingerprint density at radius 3 is 2.96 bits per heavy atom. The van der Waals surface area contributed by atoms with Crippen molar-refractivity contribution in [3.8, 4) is 0 Å². The molecule has 6 heteroatoms. The monoisotopic (exact) mass is 335 g/mol. The molecule has 0 saturated carbocycles. The van der Waals surface area contributed by atoms with Crippen molar-refractivity contribution < 1.29 is 9.53 Å². The van der Waals surface area contributed by atoms with Crippen LogP contribution in [0.5, 0.6) is 0 Å². The van der Waals surface area contributed by atoms with E-state index in [9.17, 15) is 4.79 Å². The van der Waals surface area contributed by atoms with E-state index >= 15 is 0 Å². The third kappa shape index (κ3) is 5.18. The Labute approximate surface area is 143 Å². The number of hydrogen-bond donors (Lipinski definition) is 2. The molecule has 1 heterocycles. The molecule has 1 aliphatic heterocycles. The first kappa shape index (κ1) is 17.7. The third-order valence-electron chi connectivity index (χ3n) is 3.79. The lowest BCUT2D eigenvalue weighted by Gasteiger charge is -2.20. The van der Waals surface area contributed by atoms with Crippen molar-refractivity contribution in [1.82, 2.24) is 5.32 Å². The Morgan fingerprint density at radius 2 is 2.26 bits per heavy atom. The molecule has 0 unspecified atom stereocenters. The van der Waals surface area contributed by atoms with E-state index in [1.165, 1.54) is 0 Å². The van der Waals surface area contributed by atoms with Gasteiger partial charge in [0.2, 0.25) is 5.91 Å². The predicted molar refractivity (Wildman–Crippen MR) is 98.1 cm³/mol. The molecular weight excluding hydrogens is 310 g/mol. The van der Waals surface area contributed by atoms with Gasteiger partial charge in [0, 0.05) is 44.1 Å². The minimum Gasteiger partial charge on any atom is -0.382 e. The molecule has 0 aromatic heterocycles. The van der Waals surface area contributed by atoms with Gasteiger partial charge in [-0.25, -0.2) is 0 Å². The van der Waals surface area contributed by atoms with Crippen LogP contribution < -0.4 is 15.5 Å². The van der Waals surface area contributed by atoms with Gasteiger partial charge in [-0.1, -0.05) is 6.07 Å². The molecule has 0 atom stereocenters. The van der Waals surface area contributed by atoms with Crippen molar-refractivity contribution in [3.05, 3.63) is 23.8 Å². The molecule has 126 valence electrons. The number of nitrogens with one attached hydrogen (secondary N) is 2. The first-order valence-electron chi connectivity index (χ1n) is 8.15. The van der Waals surface area contributed by atoms with Crippen LogP contribution in [0, 0.1) is 6.92 Å². The largest absolute Gasteiger partial charge is 0.382 e. The fourth-order valence-electron chi connectivity index (χ4n) is 2.58. The van der Waals surface area contributed by atoms with E-state index in [1.807, 2.05) is 36.9 Å². The van der Waals surface area contributed by atoms with Crippen molar-refractivity contribution in [2.75, 3.05) is 36.5 Å². The molecule has 1 aliphatic rings. The molecule has 1 fully saturated rings. The number of carbonyl (C=O) groups excluding carboxylic acids is 1. The number of rotatable bonds is 7. The second kappa shape index (κ2) is 8.84. The van der Waals surface area contributed by atoms with E-state index < -0.39 is 0 Å². The molecule has 1 aromatic rings. The minimum atomic E-state index is 0.196. The first-order chi connectivity index (χ1) is 11.1. The lowest BCUT2D eigenvalue weighted by atomic mass is 10.1. The predicted octanol–water partition coefficient (Wildman–Crippen LogP) is 2.83. The highest BCUT2D eigenvalue weighted by Crippen LogP contribution is 2.28. The number of ether oxygens (including phenoxy) is 1. The van der Waals surface area contributed by atoms with Gasteiger partial charge >= 0.3 is 0 Å². The van der Waals surface area contributed by atoms with Crippen LogP contribution in [0.3, 0.4) is 0 Å². The molecular formula is C17H25N3O2S. The van der Waals surface area contributed by atoms with Gasteiger partial charge in [-0.3, -0.25) is 4.79 Å². The van der Waals surface area contributed by atoms with Crippen LogP contribution in [-0.4, -0.2) is 37.3 Å². The molecule has 0 spiro atoms. The van der Waals surface area contributed by atoms with Gasteiger partial charge in [-0.05, 0) is 56.6 Å². The number of nitrogens with zero attached hydrogens (tertiary/aromatic N) is 1. The Kier molecular flexibility index (Phi) is 6.80. The fourth-order valence-corrected chi connectivity index (χ4v) is 2.80. The second-order valence-electron chi connectivity index (χ2n) is 5.58. The second-order valence-corrected chi connectivity index (χ2v) is 5.99. The molecule has 1 saturated heterocycles. The van der Waals surface area contributed by atoms with Crippen LogP contribution in [0.15, 0.2) is 18.2 Å². The molecule has 1 aromatic carbocycles. The van der Waals surface area contributed by atoms with E-state index in [-0.39, 0.29) is 5.91 Å². The summed E-state index contributed by atoms with van der Waals surface area (Å²) in [4.78, 5) is 13.8. The zero-order valence-electron chi connectivity index (χ0n) is 13.9. The van der Waals surface area contributed by atoms with E-state index in [0.717, 1.165) is 56.1 Å². The Bertz CT molecular complexity index is 563. The van der Waals surface area contributed by atoms with Crippen LogP contribution in [0.4, 0.5) is 11.4 Å². The maximum absolute atomic E-state index is 11.9. The normalized spacial score (nSPS) is 14.2. The number of hydrogen-bond acceptors (Lipinski definition) is 3. The summed E-state index contributed by atoms with van der Waals surface area (Å²) in [5.41, 5.74) is 2.96. The van der Waals surface area contributed by atoms with Gasteiger partial charge in [0.05, 0.1) is 0 Å². The highest BCUT2D eigenvalue weighted by Gasteiger charge is 2.23. The summed E-state index contributed by atoms with van der Waals surface area (Å²) in [7, 11) is 0. The lowest BCUT2D eigenvalue weighted by molar-refractivity contribution is -0.117. The van der Waals surface area contributed by atoms with Crippen molar-refractivity contribution >= 4 is 34.6 Å². The standard InChI is InChI=1S/C17H25N3O2S/c1-3-22-11-5-9-18-17(23)19-14-8-7-13(2)15(12-14)20-10-4-6-16(20)21/h7-8,12H,3-6,9-11H2,1-2H3,(H2,18,19,23). The average Bonchev–Trinajstić information content (AvgIpc) is 2.95. The number of carbonyl (C=O) groups is 1. The molecule has 23 heavy (non-hydrogen) atoms. The topological polar surface area (TPSA) is 53.6 Å². The quantitative estimate of drug-likeness (QED) is 0.593. The van der Waals surface area contributed by atoms with E-state index in [4.69, 9.17) is 17.0 Å². The van der Waals surface area contributed by atoms with Crippen LogP contribution >= 0.6 is 12.2 Å². The molecule has 2 rings (SSSR count). The molecule has 0 aliphatic carbocycles. The van der Waals surface area contributed by atoms with Crippen molar-refractivity contribution in [3.63, 3.8) is 0 Å². The summed E-state index contributed by atoms with van der Waals surface area (Å²) < 4.78 is 5.29. The summed E-state index contributed by atoms with van der Waals surface area (Å²) in [5, 5.41) is 6.93. The Balaban J connectivity index is 1.90. The van der Waals surface area contributed by atoms with Gasteiger partial charge in [-0.15, -0.1) is 0 Å². The SMILES string of the molecule is CCOCCCNC(=S)Nc1ccc(C)c(N2CCCC2=O)c1. The summed E-state index contributed by atoms with van der Waals surface area (Å²) in [6.07, 6.45) is 2.48. The highest BCUT2D eigenvalue weighted by atomic mass is 32.1. The van der Waals surface area contributed by atoms with Gasteiger partial charge in [0.25, 0.3) is 0 Å². The van der Waals surface area contributed by atoms with Crippen molar-refractivity contribution in [2.45, 2.75) is 33.1 Å². The summed E-state index contributed by atoms with van der Waals surface area (Å²) in [5.74, 6) is 0.196. The smallest absolute Gasteiger partial charge is 0.227 e. The maximum atomic E-state index is 11.9. The molecule has 5 nitrogen and oxygen atoms in total. The fraction of sp³-hybridized carbons (Fsp3) is 0.529. The van der Waals surface area contributed by atoms with Crippen LogP contribution in [0.25, 0.3) is 0 Å². The van der Waals surface area contributed by atoms with Crippen LogP contribution in [0.1, 0.15) is 31.7 Å². The molecule has 2 N–H and O–H groups in total. The molecule has 0 radical (unpaired) electrons. The Morgan fingerprint density at radius 1 is 1.43 bits per heavy atom. The molecule has 0 bridgehead atoms. The zero-order valence-corrected chi connectivity index (χ0v) is 14.7. The number of benzene rings is 1. The zero-order chi connectivity index (χ0) is 16.7. The third-order valence-corrected chi connectivity index (χ3v) is 4.03. The number of thiocarbonyl (C=S) groups is 1. The number of aryl methyl sites for hydroxylation is 1. The number of amides is 1. The summed E-state index contributed by atoms with van der Waals surface area (Å²) >= 11 is 5.30. The molecule has 1 amide bonds. The van der Waals surface area contributed by atoms with Gasteiger partial charge in [-0.2, -0.15) is 0 Å². The van der Waals surface area contributed by atoms with Gasteiger partial charge < -0.3 is 20.3 Å². The van der Waals surface area contributed by atoms with Crippen LogP contribution in [-0.2, 0) is 9.53 Å². The van der Waals surface area contributed by atoms with Crippen molar-refractivity contribution in [1.29, 1.82) is 0 Å². The summed E-state index contributed by atoms with van der Waals surface area (Å²) in [6, 6.07) is 5.99. The Hall–Kier alpha value is -1.66. The van der Waals surface area contributed by atoms with E-state index in [2.05, 4.69) is 10.6 Å². The van der Waals surface area contributed by atoms with E-state index in [0.29, 0.717) is 11.5 Å². The van der Waals surface area contributed by atoms with E-state index in [1.54, 1.807) is 0 Å². The highest BCUT2D eigenvalue weighted by molar-refractivity contribution is 7.80.